The molecular formula is C19H25F2N3O2. The molecule has 0 radical (unpaired) electrons. The van der Waals surface area contributed by atoms with Crippen LogP contribution in [0.15, 0.2) is 18.2 Å². The Morgan fingerprint density at radius 3 is 2.42 bits per heavy atom. The Labute approximate surface area is 152 Å². The van der Waals surface area contributed by atoms with Crippen molar-refractivity contribution in [1.82, 2.24) is 15.5 Å². The molecule has 0 bridgehead atoms. The lowest BCUT2D eigenvalue weighted by molar-refractivity contribution is -0.134. The van der Waals surface area contributed by atoms with Crippen molar-refractivity contribution < 1.29 is 18.4 Å². The smallest absolute Gasteiger partial charge is 0.224 e. The molecule has 0 aliphatic carbocycles. The molecule has 0 saturated carbocycles. The third-order valence-electron chi connectivity index (χ3n) is 5.61. The van der Waals surface area contributed by atoms with Gasteiger partial charge in [-0.3, -0.25) is 9.59 Å². The van der Waals surface area contributed by atoms with E-state index in [1.54, 1.807) is 4.90 Å². The number of nitrogens with zero attached hydrogens (tertiary/aromatic N) is 1. The average molecular weight is 365 g/mol. The van der Waals surface area contributed by atoms with Gasteiger partial charge in [-0.25, -0.2) is 8.78 Å². The van der Waals surface area contributed by atoms with Crippen molar-refractivity contribution in [1.29, 1.82) is 0 Å². The van der Waals surface area contributed by atoms with Crippen LogP contribution < -0.4 is 10.6 Å². The summed E-state index contributed by atoms with van der Waals surface area (Å²) in [6.45, 7) is 4.57. The second-order valence-electron chi connectivity index (χ2n) is 7.40. The highest BCUT2D eigenvalue weighted by Crippen LogP contribution is 2.37. The molecule has 2 fully saturated rings. The number of hydrogen-bond donors (Lipinski definition) is 2. The van der Waals surface area contributed by atoms with Crippen LogP contribution in [0.5, 0.6) is 0 Å². The van der Waals surface area contributed by atoms with Gasteiger partial charge in [-0.15, -0.1) is 0 Å². The molecule has 5 nitrogen and oxygen atoms in total. The van der Waals surface area contributed by atoms with Gasteiger partial charge < -0.3 is 15.5 Å². The highest BCUT2D eigenvalue weighted by Gasteiger charge is 2.38. The molecule has 2 saturated heterocycles. The summed E-state index contributed by atoms with van der Waals surface area (Å²) in [6.07, 6.45) is 2.85. The zero-order chi connectivity index (χ0) is 18.7. The summed E-state index contributed by atoms with van der Waals surface area (Å²) >= 11 is 0. The molecular weight excluding hydrogens is 340 g/mol. The van der Waals surface area contributed by atoms with Crippen LogP contribution in [0.4, 0.5) is 8.78 Å². The zero-order valence-electron chi connectivity index (χ0n) is 15.0. The standard InChI is InChI=1S/C19H25F2N3O2/c1-13(25)23-16(18-14(20)3-2-4-15(18)21)11-17(26)24-9-6-19(7-10-24)5-8-22-12-19/h2-4,16,22H,5-12H2,1H3,(H,23,25). The predicted octanol–water partition coefficient (Wildman–Crippen LogP) is 2.13. The highest BCUT2D eigenvalue weighted by atomic mass is 19.1. The van der Waals surface area contributed by atoms with Gasteiger partial charge in [-0.2, -0.15) is 0 Å². The van der Waals surface area contributed by atoms with Gasteiger partial charge in [0, 0.05) is 32.1 Å². The number of piperidine rings is 1. The number of carbonyl (C=O) groups excluding carboxylic acids is 2. The van der Waals surface area contributed by atoms with Crippen LogP contribution in [-0.4, -0.2) is 42.9 Å². The second kappa shape index (κ2) is 7.70. The Morgan fingerprint density at radius 1 is 1.23 bits per heavy atom. The lowest BCUT2D eigenvalue weighted by Gasteiger charge is -2.39. The first-order chi connectivity index (χ1) is 12.4. The van der Waals surface area contributed by atoms with Crippen LogP contribution >= 0.6 is 0 Å². The van der Waals surface area contributed by atoms with E-state index in [2.05, 4.69) is 10.6 Å². The average Bonchev–Trinajstić information content (AvgIpc) is 3.02. The van der Waals surface area contributed by atoms with Gasteiger partial charge in [0.25, 0.3) is 0 Å². The van der Waals surface area contributed by atoms with E-state index in [0.717, 1.165) is 44.5 Å². The molecule has 0 aromatic heterocycles. The van der Waals surface area contributed by atoms with Crippen molar-refractivity contribution in [3.05, 3.63) is 35.4 Å². The Balaban J connectivity index is 1.69. The van der Waals surface area contributed by atoms with E-state index in [1.165, 1.54) is 13.0 Å². The Kier molecular flexibility index (Phi) is 5.55. The lowest BCUT2D eigenvalue weighted by atomic mass is 9.78. The van der Waals surface area contributed by atoms with Gasteiger partial charge in [-0.05, 0) is 43.4 Å². The van der Waals surface area contributed by atoms with Crippen LogP contribution in [0.2, 0.25) is 0 Å². The van der Waals surface area contributed by atoms with Gasteiger partial charge in [0.15, 0.2) is 0 Å². The van der Waals surface area contributed by atoms with Crippen molar-refractivity contribution in [3.8, 4) is 0 Å². The molecule has 2 aliphatic rings. The molecule has 1 spiro atoms. The number of benzene rings is 1. The first-order valence-electron chi connectivity index (χ1n) is 9.10. The number of hydrogen-bond acceptors (Lipinski definition) is 3. The summed E-state index contributed by atoms with van der Waals surface area (Å²) in [5.74, 6) is -2.13. The number of rotatable bonds is 4. The van der Waals surface area contributed by atoms with E-state index in [-0.39, 0.29) is 23.3 Å². The maximum atomic E-state index is 14.1. The van der Waals surface area contributed by atoms with Crippen molar-refractivity contribution in [3.63, 3.8) is 0 Å². The quantitative estimate of drug-likeness (QED) is 0.859. The molecule has 1 unspecified atom stereocenters. The predicted molar refractivity (Wildman–Crippen MR) is 93.3 cm³/mol. The number of carbonyl (C=O) groups is 2. The summed E-state index contributed by atoms with van der Waals surface area (Å²) in [6, 6.07) is 2.52. The third kappa shape index (κ3) is 4.03. The molecule has 7 heteroatoms. The molecule has 2 N–H and O–H groups in total. The Bertz CT molecular complexity index is 659. The molecule has 26 heavy (non-hydrogen) atoms. The topological polar surface area (TPSA) is 61.4 Å². The highest BCUT2D eigenvalue weighted by molar-refractivity contribution is 5.79. The summed E-state index contributed by atoms with van der Waals surface area (Å²) in [5.41, 5.74) is 0.0235. The normalized spacial score (nSPS) is 20.2. The van der Waals surface area contributed by atoms with Crippen molar-refractivity contribution in [2.24, 2.45) is 5.41 Å². The largest absolute Gasteiger partial charge is 0.349 e. The van der Waals surface area contributed by atoms with Gasteiger partial charge in [0.2, 0.25) is 11.8 Å². The van der Waals surface area contributed by atoms with E-state index >= 15 is 0 Å². The SMILES string of the molecule is CC(=O)NC(CC(=O)N1CCC2(CCNC2)CC1)c1c(F)cccc1F. The molecule has 2 aliphatic heterocycles. The Hall–Kier alpha value is -2.02. The molecule has 1 aromatic rings. The van der Waals surface area contributed by atoms with E-state index in [4.69, 9.17) is 0 Å². The van der Waals surface area contributed by atoms with E-state index < -0.39 is 23.6 Å². The van der Waals surface area contributed by atoms with Crippen molar-refractivity contribution >= 4 is 11.8 Å². The molecule has 1 aromatic carbocycles. The van der Waals surface area contributed by atoms with E-state index in [0.29, 0.717) is 13.1 Å². The summed E-state index contributed by atoms with van der Waals surface area (Å²) < 4.78 is 28.2. The number of likely N-dealkylation sites (tertiary alicyclic amines) is 1. The molecule has 2 amide bonds. The minimum absolute atomic E-state index is 0.150. The van der Waals surface area contributed by atoms with E-state index in [9.17, 15) is 18.4 Å². The van der Waals surface area contributed by atoms with Gasteiger partial charge >= 0.3 is 0 Å². The van der Waals surface area contributed by atoms with Crippen LogP contribution in [0, 0.1) is 17.0 Å². The fraction of sp³-hybridized carbons (Fsp3) is 0.579. The molecule has 142 valence electrons. The van der Waals surface area contributed by atoms with Crippen LogP contribution in [-0.2, 0) is 9.59 Å². The zero-order valence-corrected chi connectivity index (χ0v) is 15.0. The number of amides is 2. The summed E-state index contributed by atoms with van der Waals surface area (Å²) in [4.78, 5) is 25.9. The number of nitrogens with one attached hydrogen (secondary N) is 2. The minimum atomic E-state index is -1.01. The van der Waals surface area contributed by atoms with Crippen LogP contribution in [0.25, 0.3) is 0 Å². The van der Waals surface area contributed by atoms with Gasteiger partial charge in [0.1, 0.15) is 11.6 Å². The molecule has 3 rings (SSSR count). The van der Waals surface area contributed by atoms with Gasteiger partial charge in [0.05, 0.1) is 12.5 Å². The molecule has 2 heterocycles. The third-order valence-corrected chi connectivity index (χ3v) is 5.61. The summed E-state index contributed by atoms with van der Waals surface area (Å²) in [5, 5.41) is 5.90. The first kappa shape index (κ1) is 18.8. The van der Waals surface area contributed by atoms with Crippen LogP contribution in [0.3, 0.4) is 0 Å². The minimum Gasteiger partial charge on any atom is -0.349 e. The second-order valence-corrected chi connectivity index (χ2v) is 7.40. The fourth-order valence-electron chi connectivity index (χ4n) is 4.07. The monoisotopic (exact) mass is 365 g/mol. The van der Waals surface area contributed by atoms with Gasteiger partial charge in [-0.1, -0.05) is 6.07 Å². The van der Waals surface area contributed by atoms with E-state index in [1.807, 2.05) is 0 Å². The first-order valence-corrected chi connectivity index (χ1v) is 9.10. The fourth-order valence-corrected chi connectivity index (χ4v) is 4.07. The number of halogens is 2. The van der Waals surface area contributed by atoms with Crippen molar-refractivity contribution in [2.75, 3.05) is 26.2 Å². The lowest BCUT2D eigenvalue weighted by Crippen LogP contribution is -2.45. The Morgan fingerprint density at radius 2 is 1.88 bits per heavy atom. The van der Waals surface area contributed by atoms with Crippen molar-refractivity contribution in [2.45, 2.75) is 38.6 Å². The summed E-state index contributed by atoms with van der Waals surface area (Å²) in [7, 11) is 0. The maximum absolute atomic E-state index is 14.1. The van der Waals surface area contributed by atoms with Crippen LogP contribution in [0.1, 0.15) is 44.2 Å². The molecule has 1 atom stereocenters. The maximum Gasteiger partial charge on any atom is 0.224 e.